The zero-order valence-corrected chi connectivity index (χ0v) is 33.0. The van der Waals surface area contributed by atoms with E-state index in [1.54, 1.807) is 42.5 Å². The molecule has 15 nitrogen and oxygen atoms in total. The van der Waals surface area contributed by atoms with E-state index in [4.69, 9.17) is 9.84 Å². The summed E-state index contributed by atoms with van der Waals surface area (Å²) in [5.74, 6) is -2.38. The molecule has 3 aliphatic carbocycles. The van der Waals surface area contributed by atoms with Crippen LogP contribution in [0.1, 0.15) is 67.2 Å². The van der Waals surface area contributed by atoms with Gasteiger partial charge in [-0.1, -0.05) is 55.5 Å². The lowest BCUT2D eigenvalue weighted by atomic mass is 9.55. The largest absolute Gasteiger partial charge is 0.508 e. The first-order valence-electron chi connectivity index (χ1n) is 20.0. The van der Waals surface area contributed by atoms with Crippen LogP contribution in [0.4, 0.5) is 0 Å². The van der Waals surface area contributed by atoms with Crippen LogP contribution < -0.4 is 31.3 Å². The number of ether oxygens (including phenoxy) is 1. The first kappa shape index (κ1) is 42.4. The second-order valence-electron chi connectivity index (χ2n) is 15.9. The average molecular weight is 810 g/mol. The fourth-order valence-corrected chi connectivity index (χ4v) is 9.00. The number of aromatic hydroxyl groups is 1. The molecule has 6 rings (SSSR count). The zero-order valence-electron chi connectivity index (χ0n) is 33.0. The minimum Gasteiger partial charge on any atom is -0.508 e. The fourth-order valence-electron chi connectivity index (χ4n) is 9.00. The molecule has 3 aromatic carbocycles. The van der Waals surface area contributed by atoms with Crippen molar-refractivity contribution in [3.63, 3.8) is 0 Å². The molecule has 3 aliphatic rings. The molecular formula is C44H51N5O10. The smallest absolute Gasteiger partial charge is 0.322 e. The summed E-state index contributed by atoms with van der Waals surface area (Å²) in [7, 11) is 0. The highest BCUT2D eigenvalue weighted by Gasteiger charge is 2.54. The molecule has 0 heterocycles. The van der Waals surface area contributed by atoms with Crippen LogP contribution in [0.25, 0.3) is 0 Å². The van der Waals surface area contributed by atoms with Gasteiger partial charge in [-0.05, 0) is 96.4 Å². The van der Waals surface area contributed by atoms with Gasteiger partial charge in [0.2, 0.25) is 23.6 Å². The topological polar surface area (TPSA) is 229 Å². The van der Waals surface area contributed by atoms with Crippen molar-refractivity contribution in [1.82, 2.24) is 26.6 Å². The average Bonchev–Trinajstić information content (AvgIpc) is 3.54. The molecule has 59 heavy (non-hydrogen) atoms. The van der Waals surface area contributed by atoms with Gasteiger partial charge in [0.1, 0.15) is 35.9 Å². The van der Waals surface area contributed by atoms with Crippen LogP contribution in [0.5, 0.6) is 11.5 Å². The van der Waals surface area contributed by atoms with Gasteiger partial charge >= 0.3 is 5.97 Å². The maximum absolute atomic E-state index is 13.4. The molecular weight excluding hydrogens is 759 g/mol. The Morgan fingerprint density at radius 3 is 2.08 bits per heavy atom. The van der Waals surface area contributed by atoms with Gasteiger partial charge in [-0.25, -0.2) is 0 Å². The van der Waals surface area contributed by atoms with Gasteiger partial charge in [0, 0.05) is 24.7 Å². The molecule has 0 radical (unpaired) electrons. The number of rotatable bonds is 17. The van der Waals surface area contributed by atoms with Crippen molar-refractivity contribution in [2.45, 2.75) is 76.3 Å². The summed E-state index contributed by atoms with van der Waals surface area (Å²) in [5.41, 5.74) is 3.62. The molecule has 2 saturated carbocycles. The van der Waals surface area contributed by atoms with E-state index < -0.39 is 67.2 Å². The minimum atomic E-state index is -1.25. The van der Waals surface area contributed by atoms with E-state index in [1.807, 2.05) is 12.1 Å². The number of nitrogens with one attached hydrogen (secondary N) is 5. The normalized spacial score (nSPS) is 21.3. The van der Waals surface area contributed by atoms with Gasteiger partial charge in [-0.2, -0.15) is 0 Å². The Balaban J connectivity index is 1.00. The van der Waals surface area contributed by atoms with Crippen LogP contribution >= 0.6 is 0 Å². The second kappa shape index (κ2) is 19.0. The summed E-state index contributed by atoms with van der Waals surface area (Å²) in [6.07, 6.45) is 5.52. The van der Waals surface area contributed by atoms with Crippen LogP contribution in [0, 0.1) is 17.3 Å². The number of carbonyl (C=O) groups excluding carboxylic acids is 6. The van der Waals surface area contributed by atoms with Crippen molar-refractivity contribution in [1.29, 1.82) is 0 Å². The van der Waals surface area contributed by atoms with E-state index in [1.165, 1.54) is 23.3 Å². The van der Waals surface area contributed by atoms with Crippen molar-refractivity contribution in [2.75, 3.05) is 26.2 Å². The summed E-state index contributed by atoms with van der Waals surface area (Å²) in [4.78, 5) is 88.3. The number of phenolic OH excluding ortho intramolecular Hbond substituents is 1. The number of carboxylic acids is 1. The highest BCUT2D eigenvalue weighted by Crippen LogP contribution is 2.59. The number of amides is 5. The third-order valence-corrected chi connectivity index (χ3v) is 12.0. The summed E-state index contributed by atoms with van der Waals surface area (Å²) in [6.45, 7) is 0.0671. The van der Waals surface area contributed by atoms with Crippen molar-refractivity contribution in [2.24, 2.45) is 17.3 Å². The molecule has 2 fully saturated rings. The Hall–Kier alpha value is -6.25. The molecule has 7 N–H and O–H groups in total. The number of hydrogen-bond acceptors (Lipinski definition) is 9. The van der Waals surface area contributed by atoms with Crippen LogP contribution in [0.15, 0.2) is 72.8 Å². The molecule has 6 atom stereocenters. The van der Waals surface area contributed by atoms with E-state index in [2.05, 4.69) is 39.6 Å². The summed E-state index contributed by atoms with van der Waals surface area (Å²) in [6, 6.07) is 18.5. The van der Waals surface area contributed by atoms with Gasteiger partial charge in [0.05, 0.1) is 13.1 Å². The van der Waals surface area contributed by atoms with Crippen LogP contribution in [0.3, 0.4) is 0 Å². The van der Waals surface area contributed by atoms with Gasteiger partial charge < -0.3 is 41.5 Å². The van der Waals surface area contributed by atoms with Crippen molar-refractivity contribution in [3.8, 4) is 11.5 Å². The SMILES string of the molecule is C[C@]12CC[C@@H]3c4ccc(OCC(=O)N[C@@H](Cc5ccc(O)cc5)C(=O)NCC(=O)NCC(=O)N[C@@H](Cc5ccccc5)C(=O)NCC(=O)O)cc4CC[C@H]3[C@@H]1CCC2=O. The quantitative estimate of drug-likeness (QED) is 0.105. The number of Topliss-reactive ketones (excluding diaryl/α,β-unsaturated/α-hetero) is 1. The van der Waals surface area contributed by atoms with E-state index in [0.717, 1.165) is 32.1 Å². The number of carboxylic acid groups (broad SMARTS) is 1. The number of carbonyl (C=O) groups is 7. The Morgan fingerprint density at radius 1 is 0.746 bits per heavy atom. The molecule has 0 aromatic heterocycles. The fraction of sp³-hybridized carbons (Fsp3) is 0.432. The zero-order chi connectivity index (χ0) is 42.1. The van der Waals surface area contributed by atoms with Crippen LogP contribution in [-0.2, 0) is 52.8 Å². The predicted molar refractivity (Wildman–Crippen MR) is 214 cm³/mol. The Labute approximate surface area is 342 Å². The van der Waals surface area contributed by atoms with Crippen LogP contribution in [-0.4, -0.2) is 89.8 Å². The van der Waals surface area contributed by atoms with Gasteiger partial charge in [-0.15, -0.1) is 0 Å². The van der Waals surface area contributed by atoms with Crippen molar-refractivity contribution < 1.29 is 48.5 Å². The number of ketones is 1. The third-order valence-electron chi connectivity index (χ3n) is 12.0. The Morgan fingerprint density at radius 2 is 1.39 bits per heavy atom. The molecule has 0 saturated heterocycles. The monoisotopic (exact) mass is 809 g/mol. The first-order chi connectivity index (χ1) is 28.3. The van der Waals surface area contributed by atoms with Gasteiger partial charge in [0.15, 0.2) is 6.61 Å². The lowest BCUT2D eigenvalue weighted by Gasteiger charge is -2.48. The van der Waals surface area contributed by atoms with E-state index in [9.17, 15) is 38.7 Å². The predicted octanol–water partition coefficient (Wildman–Crippen LogP) is 2.08. The van der Waals surface area contributed by atoms with Crippen molar-refractivity contribution in [3.05, 3.63) is 95.1 Å². The van der Waals surface area contributed by atoms with E-state index >= 15 is 0 Å². The number of phenols is 1. The number of aryl methyl sites for hydroxylation is 1. The molecule has 312 valence electrons. The lowest BCUT2D eigenvalue weighted by molar-refractivity contribution is -0.138. The molecule has 0 spiro atoms. The van der Waals surface area contributed by atoms with Crippen LogP contribution in [0.2, 0.25) is 0 Å². The standard InChI is InChI=1S/C44H51N5O10/c1-44-18-17-32-31-14-12-30(21-28(31)9-13-33(32)34(44)15-16-37(44)51)59-25-40(54)49-36(20-27-7-10-29(50)11-8-27)42(57)46-22-38(52)45-23-39(53)48-35(43(58)47-24-41(55)56)19-26-5-3-2-4-6-26/h2-8,10-12,14,21,32-36,50H,9,13,15-20,22-25H2,1H3,(H,45,52)(H,46,57)(H,47,58)(H,48,53)(H,49,54)(H,55,56)/t32-,33-,34+,35+,36+,44+/m1/s1. The van der Waals surface area contributed by atoms with Gasteiger partial charge in [0.25, 0.3) is 5.91 Å². The molecule has 0 bridgehead atoms. The molecule has 0 aliphatic heterocycles. The van der Waals surface area contributed by atoms with Gasteiger partial charge in [-0.3, -0.25) is 33.6 Å². The van der Waals surface area contributed by atoms with E-state index in [0.29, 0.717) is 46.8 Å². The number of benzene rings is 3. The minimum absolute atomic E-state index is 0.0244. The van der Waals surface area contributed by atoms with E-state index in [-0.39, 0.29) is 30.6 Å². The Bertz CT molecular complexity index is 2060. The highest BCUT2D eigenvalue weighted by molar-refractivity contribution is 5.93. The summed E-state index contributed by atoms with van der Waals surface area (Å²) in [5, 5.41) is 31.0. The summed E-state index contributed by atoms with van der Waals surface area (Å²) < 4.78 is 5.89. The number of aliphatic carboxylic acids is 1. The summed E-state index contributed by atoms with van der Waals surface area (Å²) >= 11 is 0. The molecule has 5 amide bonds. The number of fused-ring (bicyclic) bond motifs is 5. The lowest BCUT2D eigenvalue weighted by Crippen LogP contribution is -2.53. The second-order valence-corrected chi connectivity index (χ2v) is 15.9. The highest BCUT2D eigenvalue weighted by atomic mass is 16.5. The molecule has 0 unspecified atom stereocenters. The molecule has 15 heteroatoms. The third kappa shape index (κ3) is 10.8. The Kier molecular flexibility index (Phi) is 13.6. The first-order valence-corrected chi connectivity index (χ1v) is 20.0. The molecule has 3 aromatic rings. The maximum atomic E-state index is 13.4. The van der Waals surface area contributed by atoms with Crippen molar-refractivity contribution >= 4 is 41.3 Å². The number of hydrogen-bond donors (Lipinski definition) is 7. The maximum Gasteiger partial charge on any atom is 0.322 e.